The van der Waals surface area contributed by atoms with E-state index in [0.29, 0.717) is 11.2 Å². The molecule has 0 radical (unpaired) electrons. The minimum atomic E-state index is -0.275. The second kappa shape index (κ2) is 4.45. The molecule has 0 saturated heterocycles. The van der Waals surface area contributed by atoms with Crippen LogP contribution in [0.15, 0.2) is 6.07 Å². The number of aryl methyl sites for hydroxylation is 3. The lowest BCUT2D eigenvalue weighted by Crippen LogP contribution is -2.24. The monoisotopic (exact) mass is 243 g/mol. The van der Waals surface area contributed by atoms with E-state index in [1.165, 1.54) is 0 Å². The molecular formula is C12H13N5O. The second-order valence-corrected chi connectivity index (χ2v) is 4.06. The number of aromatic nitrogens is 3. The second-order valence-electron chi connectivity index (χ2n) is 4.06. The van der Waals surface area contributed by atoms with Gasteiger partial charge in [-0.25, -0.2) is 4.98 Å². The fourth-order valence-corrected chi connectivity index (χ4v) is 1.96. The number of nitrogens with zero attached hydrogens (tertiary/aromatic N) is 4. The van der Waals surface area contributed by atoms with Gasteiger partial charge < -0.3 is 5.32 Å². The molecule has 0 spiro atoms. The highest BCUT2D eigenvalue weighted by Gasteiger charge is 2.17. The van der Waals surface area contributed by atoms with Gasteiger partial charge in [-0.3, -0.25) is 9.48 Å². The summed E-state index contributed by atoms with van der Waals surface area (Å²) in [6.07, 6.45) is 0. The first kappa shape index (κ1) is 12.0. The fraction of sp³-hybridized carbons (Fsp3) is 0.333. The van der Waals surface area contributed by atoms with Crippen LogP contribution < -0.4 is 5.32 Å². The van der Waals surface area contributed by atoms with E-state index in [1.54, 1.807) is 17.8 Å². The third-order valence-corrected chi connectivity index (χ3v) is 2.67. The van der Waals surface area contributed by atoms with Crippen LogP contribution in [0.4, 0.5) is 0 Å². The Morgan fingerprint density at radius 2 is 2.28 bits per heavy atom. The third-order valence-electron chi connectivity index (χ3n) is 2.67. The lowest BCUT2D eigenvalue weighted by Gasteiger charge is -2.05. The van der Waals surface area contributed by atoms with Crippen LogP contribution in [0.3, 0.4) is 0 Å². The van der Waals surface area contributed by atoms with Crippen molar-refractivity contribution in [3.63, 3.8) is 0 Å². The molecule has 6 nitrogen and oxygen atoms in total. The molecule has 0 aliphatic heterocycles. The largest absolute Gasteiger partial charge is 0.339 e. The first-order valence-corrected chi connectivity index (χ1v) is 5.50. The van der Waals surface area contributed by atoms with Gasteiger partial charge in [0.2, 0.25) is 0 Å². The normalized spacial score (nSPS) is 10.3. The lowest BCUT2D eigenvalue weighted by molar-refractivity contribution is 0.0960. The molecule has 0 aliphatic carbocycles. The highest BCUT2D eigenvalue weighted by atomic mass is 16.1. The number of nitrogens with one attached hydrogen (secondary N) is 1. The fourth-order valence-electron chi connectivity index (χ4n) is 1.96. The highest BCUT2D eigenvalue weighted by Crippen LogP contribution is 2.21. The summed E-state index contributed by atoms with van der Waals surface area (Å²) in [6.45, 7) is 3.64. The molecule has 1 amide bonds. The zero-order valence-electron chi connectivity index (χ0n) is 10.5. The van der Waals surface area contributed by atoms with E-state index < -0.39 is 0 Å². The van der Waals surface area contributed by atoms with Gasteiger partial charge in [0.1, 0.15) is 6.54 Å². The van der Waals surface area contributed by atoms with Gasteiger partial charge in [0.25, 0.3) is 5.91 Å². The summed E-state index contributed by atoms with van der Waals surface area (Å²) >= 11 is 0. The molecule has 92 valence electrons. The van der Waals surface area contributed by atoms with Gasteiger partial charge in [-0.2, -0.15) is 10.4 Å². The quantitative estimate of drug-likeness (QED) is 0.792. The molecule has 0 aromatic carbocycles. The molecule has 2 heterocycles. The van der Waals surface area contributed by atoms with Crippen molar-refractivity contribution in [1.82, 2.24) is 20.1 Å². The average Bonchev–Trinajstić information content (AvgIpc) is 2.61. The summed E-state index contributed by atoms with van der Waals surface area (Å²) in [6, 6.07) is 3.59. The number of nitriles is 1. The Bertz CT molecular complexity index is 665. The molecule has 2 aromatic rings. The molecule has 0 fully saturated rings. The van der Waals surface area contributed by atoms with E-state index in [9.17, 15) is 4.79 Å². The molecule has 2 aromatic heterocycles. The Morgan fingerprint density at radius 1 is 1.56 bits per heavy atom. The van der Waals surface area contributed by atoms with E-state index in [4.69, 9.17) is 5.26 Å². The number of hydrogen-bond donors (Lipinski definition) is 1. The minimum absolute atomic E-state index is 0.0129. The topological polar surface area (TPSA) is 83.6 Å². The number of fused-ring (bicyclic) bond motifs is 1. The van der Waals surface area contributed by atoms with Gasteiger partial charge in [-0.15, -0.1) is 0 Å². The molecule has 18 heavy (non-hydrogen) atoms. The van der Waals surface area contributed by atoms with Crippen molar-refractivity contribution in [1.29, 1.82) is 5.26 Å². The van der Waals surface area contributed by atoms with Gasteiger partial charge >= 0.3 is 0 Å². The zero-order chi connectivity index (χ0) is 13.3. The lowest BCUT2D eigenvalue weighted by atomic mass is 10.1. The predicted octanol–water partition coefficient (Wildman–Crippen LogP) is 0.839. The minimum Gasteiger partial charge on any atom is -0.339 e. The molecule has 0 atom stereocenters. The number of pyridine rings is 1. The molecule has 0 saturated carbocycles. The van der Waals surface area contributed by atoms with Gasteiger partial charge in [-0.1, -0.05) is 0 Å². The van der Waals surface area contributed by atoms with Crippen molar-refractivity contribution in [2.24, 2.45) is 7.05 Å². The van der Waals surface area contributed by atoms with Crippen LogP contribution in [0.1, 0.15) is 21.7 Å². The van der Waals surface area contributed by atoms with Crippen LogP contribution in [0.2, 0.25) is 0 Å². The number of amides is 1. The van der Waals surface area contributed by atoms with Gasteiger partial charge in [0.15, 0.2) is 5.65 Å². The maximum absolute atomic E-state index is 12.0. The summed E-state index contributed by atoms with van der Waals surface area (Å²) < 4.78 is 1.65. The number of carbonyl (C=O) groups is 1. The van der Waals surface area contributed by atoms with Gasteiger partial charge in [0, 0.05) is 12.7 Å². The predicted molar refractivity (Wildman–Crippen MR) is 65.9 cm³/mol. The third kappa shape index (κ3) is 1.91. The van der Waals surface area contributed by atoms with Crippen molar-refractivity contribution in [3.05, 3.63) is 23.0 Å². The molecule has 6 heteroatoms. The van der Waals surface area contributed by atoms with E-state index in [1.807, 2.05) is 19.9 Å². The summed E-state index contributed by atoms with van der Waals surface area (Å²) in [4.78, 5) is 16.4. The zero-order valence-corrected chi connectivity index (χ0v) is 10.5. The molecule has 0 aliphatic rings. The van der Waals surface area contributed by atoms with Crippen molar-refractivity contribution < 1.29 is 4.79 Å². The van der Waals surface area contributed by atoms with Crippen molar-refractivity contribution in [2.45, 2.75) is 13.8 Å². The Hall–Kier alpha value is -2.42. The van der Waals surface area contributed by atoms with E-state index in [0.717, 1.165) is 16.8 Å². The maximum atomic E-state index is 12.0. The summed E-state index contributed by atoms with van der Waals surface area (Å²) in [5.74, 6) is -0.275. The van der Waals surface area contributed by atoms with E-state index in [2.05, 4.69) is 15.4 Å². The Morgan fingerprint density at radius 3 is 2.94 bits per heavy atom. The molecular weight excluding hydrogens is 230 g/mol. The number of carbonyl (C=O) groups excluding carboxylic acids is 1. The number of rotatable bonds is 2. The van der Waals surface area contributed by atoms with E-state index >= 15 is 0 Å². The first-order chi connectivity index (χ1) is 8.54. The van der Waals surface area contributed by atoms with Crippen LogP contribution in [0.25, 0.3) is 11.0 Å². The van der Waals surface area contributed by atoms with Gasteiger partial charge in [0.05, 0.1) is 22.7 Å². The van der Waals surface area contributed by atoms with E-state index in [-0.39, 0.29) is 12.5 Å². The number of hydrogen-bond acceptors (Lipinski definition) is 4. The Balaban J connectivity index is 2.63. The van der Waals surface area contributed by atoms with Crippen molar-refractivity contribution in [2.75, 3.05) is 6.54 Å². The maximum Gasteiger partial charge on any atom is 0.252 e. The first-order valence-electron chi connectivity index (χ1n) is 5.50. The Labute approximate surface area is 104 Å². The van der Waals surface area contributed by atoms with Crippen molar-refractivity contribution >= 4 is 16.9 Å². The van der Waals surface area contributed by atoms with Gasteiger partial charge in [-0.05, 0) is 19.9 Å². The van der Waals surface area contributed by atoms with Crippen molar-refractivity contribution in [3.8, 4) is 6.07 Å². The molecule has 1 N–H and O–H groups in total. The summed E-state index contributed by atoms with van der Waals surface area (Å²) in [5, 5.41) is 16.0. The molecule has 0 bridgehead atoms. The molecule has 0 unspecified atom stereocenters. The van der Waals surface area contributed by atoms with Crippen LogP contribution in [-0.4, -0.2) is 27.2 Å². The smallest absolute Gasteiger partial charge is 0.252 e. The summed E-state index contributed by atoms with van der Waals surface area (Å²) in [5.41, 5.74) is 2.68. The van der Waals surface area contributed by atoms with Crippen LogP contribution in [0.5, 0.6) is 0 Å². The summed E-state index contributed by atoms with van der Waals surface area (Å²) in [7, 11) is 1.79. The van der Waals surface area contributed by atoms with Crippen LogP contribution in [-0.2, 0) is 7.05 Å². The van der Waals surface area contributed by atoms with Crippen LogP contribution in [0, 0.1) is 25.2 Å². The SMILES string of the molecule is Cc1cc(C(=O)NCC#N)c2c(C)nn(C)c2n1. The highest BCUT2D eigenvalue weighted by molar-refractivity contribution is 6.06. The Kier molecular flexibility index (Phi) is 2.98. The standard InChI is InChI=1S/C12H13N5O/c1-7-6-9(12(18)14-5-4-13)10-8(2)16-17(3)11(10)15-7/h6H,5H2,1-3H3,(H,14,18). The van der Waals surface area contributed by atoms with Crippen LogP contribution >= 0.6 is 0 Å². The molecule has 2 rings (SSSR count). The average molecular weight is 243 g/mol.